The topological polar surface area (TPSA) is 20.2 Å². The molecule has 2 rings (SSSR count). The van der Waals surface area contributed by atoms with Gasteiger partial charge in [0.15, 0.2) is 0 Å². The van der Waals surface area contributed by atoms with Gasteiger partial charge in [0.05, 0.1) is 11.1 Å². The first-order chi connectivity index (χ1) is 9.36. The Bertz CT molecular complexity index is 628. The van der Waals surface area contributed by atoms with Crippen LogP contribution < -0.4 is 0 Å². The minimum atomic E-state index is -1.30. The van der Waals surface area contributed by atoms with Gasteiger partial charge in [0.1, 0.15) is 17.5 Å². The van der Waals surface area contributed by atoms with Crippen molar-refractivity contribution in [1.82, 2.24) is 0 Å². The molecule has 0 aromatic heterocycles. The van der Waals surface area contributed by atoms with E-state index in [9.17, 15) is 18.3 Å². The molecule has 0 amide bonds. The van der Waals surface area contributed by atoms with Gasteiger partial charge in [0.2, 0.25) is 0 Å². The van der Waals surface area contributed by atoms with E-state index in [4.69, 9.17) is 11.6 Å². The fourth-order valence-electron chi connectivity index (χ4n) is 1.86. The van der Waals surface area contributed by atoms with Crippen molar-refractivity contribution in [2.24, 2.45) is 0 Å². The van der Waals surface area contributed by atoms with Gasteiger partial charge in [-0.15, -0.1) is 0 Å². The van der Waals surface area contributed by atoms with Gasteiger partial charge in [-0.3, -0.25) is 0 Å². The average molecular weight is 366 g/mol. The van der Waals surface area contributed by atoms with Crippen LogP contribution in [0, 0.1) is 17.5 Å². The molecule has 2 aromatic carbocycles. The van der Waals surface area contributed by atoms with Crippen molar-refractivity contribution in [2.45, 2.75) is 12.5 Å². The van der Waals surface area contributed by atoms with Crippen LogP contribution in [0.5, 0.6) is 0 Å². The lowest BCUT2D eigenvalue weighted by molar-refractivity contribution is 0.173. The van der Waals surface area contributed by atoms with Crippen molar-refractivity contribution in [2.75, 3.05) is 0 Å². The highest BCUT2D eigenvalue weighted by atomic mass is 79.9. The Kier molecular flexibility index (Phi) is 4.73. The smallest absolute Gasteiger partial charge is 0.142 e. The van der Waals surface area contributed by atoms with Crippen LogP contribution in [0.3, 0.4) is 0 Å². The summed E-state index contributed by atoms with van der Waals surface area (Å²) in [4.78, 5) is 0. The Hall–Kier alpha value is -1.04. The van der Waals surface area contributed by atoms with Crippen molar-refractivity contribution < 1.29 is 18.3 Å². The minimum absolute atomic E-state index is 0.0473. The Labute approximate surface area is 127 Å². The highest BCUT2D eigenvalue weighted by Gasteiger charge is 2.17. The van der Waals surface area contributed by atoms with Gasteiger partial charge in [-0.25, -0.2) is 13.2 Å². The molecule has 0 saturated heterocycles. The second-order valence-corrected chi connectivity index (χ2v) is 5.61. The minimum Gasteiger partial charge on any atom is -0.388 e. The van der Waals surface area contributed by atoms with Crippen LogP contribution in [-0.2, 0) is 6.42 Å². The zero-order chi connectivity index (χ0) is 14.9. The Morgan fingerprint density at radius 3 is 2.40 bits per heavy atom. The normalized spacial score (nSPS) is 12.5. The van der Waals surface area contributed by atoms with Crippen LogP contribution in [0.2, 0.25) is 5.02 Å². The van der Waals surface area contributed by atoms with Crippen molar-refractivity contribution in [1.29, 1.82) is 0 Å². The van der Waals surface area contributed by atoms with Crippen molar-refractivity contribution in [3.8, 4) is 0 Å². The summed E-state index contributed by atoms with van der Waals surface area (Å²) in [7, 11) is 0. The third-order valence-corrected chi connectivity index (χ3v) is 3.50. The van der Waals surface area contributed by atoms with Crippen LogP contribution >= 0.6 is 27.5 Å². The highest BCUT2D eigenvalue weighted by Crippen LogP contribution is 2.27. The molecule has 1 atom stereocenters. The standard InChI is InChI=1S/C14H9BrClF3O/c15-8-1-7(2-9(17)4-8)3-14(20)10-5-13(19)11(16)6-12(10)18/h1-2,4-6,14,20H,3H2. The van der Waals surface area contributed by atoms with E-state index in [-0.39, 0.29) is 17.0 Å². The second-order valence-electron chi connectivity index (χ2n) is 4.29. The number of benzene rings is 2. The molecule has 1 nitrogen and oxygen atoms in total. The zero-order valence-corrected chi connectivity index (χ0v) is 12.4. The maximum atomic E-state index is 13.6. The molecule has 0 saturated carbocycles. The van der Waals surface area contributed by atoms with Gasteiger partial charge >= 0.3 is 0 Å². The fourth-order valence-corrected chi connectivity index (χ4v) is 2.52. The first-order valence-electron chi connectivity index (χ1n) is 5.64. The molecule has 0 spiro atoms. The molecule has 6 heteroatoms. The predicted molar refractivity (Wildman–Crippen MR) is 74.1 cm³/mol. The Balaban J connectivity index is 2.28. The summed E-state index contributed by atoms with van der Waals surface area (Å²) in [5.41, 5.74) is 0.242. The first-order valence-corrected chi connectivity index (χ1v) is 6.81. The quantitative estimate of drug-likeness (QED) is 0.775. The van der Waals surface area contributed by atoms with Crippen LogP contribution in [-0.4, -0.2) is 5.11 Å². The summed E-state index contributed by atoms with van der Waals surface area (Å²) >= 11 is 8.56. The molecule has 2 aromatic rings. The Morgan fingerprint density at radius 2 is 1.75 bits per heavy atom. The average Bonchev–Trinajstić information content (AvgIpc) is 2.32. The summed E-state index contributed by atoms with van der Waals surface area (Å²) in [6.45, 7) is 0. The zero-order valence-electron chi connectivity index (χ0n) is 10.0. The molecule has 0 heterocycles. The first kappa shape index (κ1) is 15.4. The molecule has 0 aliphatic carbocycles. The highest BCUT2D eigenvalue weighted by molar-refractivity contribution is 9.10. The molecule has 20 heavy (non-hydrogen) atoms. The van der Waals surface area contributed by atoms with Gasteiger partial charge in [0, 0.05) is 16.5 Å². The molecule has 1 N–H and O–H groups in total. The van der Waals surface area contributed by atoms with Crippen LogP contribution in [0.15, 0.2) is 34.8 Å². The number of rotatable bonds is 3. The van der Waals surface area contributed by atoms with E-state index in [0.29, 0.717) is 10.0 Å². The number of aliphatic hydroxyl groups excluding tert-OH is 1. The summed E-state index contributed by atoms with van der Waals surface area (Å²) < 4.78 is 40.7. The maximum absolute atomic E-state index is 13.6. The van der Waals surface area contributed by atoms with E-state index >= 15 is 0 Å². The van der Waals surface area contributed by atoms with E-state index < -0.39 is 23.6 Å². The molecule has 0 bridgehead atoms. The molecule has 1 unspecified atom stereocenters. The van der Waals surface area contributed by atoms with Crippen molar-refractivity contribution >= 4 is 27.5 Å². The molecule has 106 valence electrons. The van der Waals surface area contributed by atoms with Crippen molar-refractivity contribution in [3.63, 3.8) is 0 Å². The summed E-state index contributed by atoms with van der Waals surface area (Å²) in [6, 6.07) is 5.72. The van der Waals surface area contributed by atoms with Gasteiger partial charge in [0.25, 0.3) is 0 Å². The third kappa shape index (κ3) is 3.53. The Morgan fingerprint density at radius 1 is 1.05 bits per heavy atom. The molecular weight excluding hydrogens is 357 g/mol. The van der Waals surface area contributed by atoms with E-state index in [1.54, 1.807) is 6.07 Å². The van der Waals surface area contributed by atoms with Crippen LogP contribution in [0.25, 0.3) is 0 Å². The number of halogens is 5. The van der Waals surface area contributed by atoms with Crippen LogP contribution in [0.4, 0.5) is 13.2 Å². The van der Waals surface area contributed by atoms with E-state index in [1.165, 1.54) is 12.1 Å². The van der Waals surface area contributed by atoms with Crippen molar-refractivity contribution in [3.05, 3.63) is 68.4 Å². The molecule has 0 aliphatic rings. The summed E-state index contributed by atoms with van der Waals surface area (Å²) in [6.07, 6.45) is -1.34. The summed E-state index contributed by atoms with van der Waals surface area (Å²) in [5.74, 6) is -2.11. The third-order valence-electron chi connectivity index (χ3n) is 2.75. The lowest BCUT2D eigenvalue weighted by atomic mass is 10.0. The number of aliphatic hydroxyl groups is 1. The molecular formula is C14H9BrClF3O. The van der Waals surface area contributed by atoms with E-state index in [1.807, 2.05) is 0 Å². The molecule has 0 aliphatic heterocycles. The van der Waals surface area contributed by atoms with E-state index in [0.717, 1.165) is 12.1 Å². The molecule has 0 fully saturated rings. The summed E-state index contributed by atoms with van der Waals surface area (Å²) in [5, 5.41) is 9.61. The SMILES string of the molecule is OC(Cc1cc(F)cc(Br)c1)c1cc(F)c(Cl)cc1F. The van der Waals surface area contributed by atoms with Gasteiger partial charge < -0.3 is 5.11 Å². The number of hydrogen-bond acceptors (Lipinski definition) is 1. The maximum Gasteiger partial charge on any atom is 0.142 e. The van der Waals surface area contributed by atoms with Gasteiger partial charge in [-0.1, -0.05) is 27.5 Å². The fraction of sp³-hybridized carbons (Fsp3) is 0.143. The predicted octanol–water partition coefficient (Wildman–Crippen LogP) is 4.80. The van der Waals surface area contributed by atoms with E-state index in [2.05, 4.69) is 15.9 Å². The monoisotopic (exact) mass is 364 g/mol. The lowest BCUT2D eigenvalue weighted by Gasteiger charge is -2.13. The second kappa shape index (κ2) is 6.16. The van der Waals surface area contributed by atoms with Gasteiger partial charge in [-0.05, 0) is 35.9 Å². The van der Waals surface area contributed by atoms with Crippen LogP contribution in [0.1, 0.15) is 17.2 Å². The largest absolute Gasteiger partial charge is 0.388 e. The lowest BCUT2D eigenvalue weighted by Crippen LogP contribution is -2.05. The number of hydrogen-bond donors (Lipinski definition) is 1. The molecule has 0 radical (unpaired) electrons. The van der Waals surface area contributed by atoms with Gasteiger partial charge in [-0.2, -0.15) is 0 Å².